The maximum absolute atomic E-state index is 12.3. The van der Waals surface area contributed by atoms with Crippen LogP contribution in [0.5, 0.6) is 0 Å². The number of carbonyl (C=O) groups is 1. The molecule has 2 atom stereocenters. The van der Waals surface area contributed by atoms with Crippen molar-refractivity contribution in [1.29, 1.82) is 0 Å². The van der Waals surface area contributed by atoms with Crippen LogP contribution in [0.1, 0.15) is 12.0 Å². The first kappa shape index (κ1) is 16.8. The first-order chi connectivity index (χ1) is 11.8. The van der Waals surface area contributed by atoms with Gasteiger partial charge in [-0.25, -0.2) is 0 Å². The zero-order valence-corrected chi connectivity index (χ0v) is 13.7. The first-order valence-corrected chi connectivity index (χ1v) is 8.39. The van der Waals surface area contributed by atoms with Gasteiger partial charge in [0.2, 0.25) is 5.76 Å². The Balaban J connectivity index is 1.60. The van der Waals surface area contributed by atoms with Gasteiger partial charge in [0, 0.05) is 31.7 Å². The molecule has 3 rings (SSSR count). The number of benzene rings is 1. The van der Waals surface area contributed by atoms with Crippen molar-refractivity contribution in [2.24, 2.45) is 5.92 Å². The van der Waals surface area contributed by atoms with Gasteiger partial charge in [0.1, 0.15) is 19.5 Å². The largest absolute Gasteiger partial charge is 0.494 e. The summed E-state index contributed by atoms with van der Waals surface area (Å²) in [5.74, 6) is -0.0103. The van der Waals surface area contributed by atoms with E-state index in [0.717, 1.165) is 19.5 Å². The molecule has 0 bridgehead atoms. The van der Waals surface area contributed by atoms with E-state index >= 15 is 0 Å². The van der Waals surface area contributed by atoms with E-state index < -0.39 is 0 Å². The Morgan fingerprint density at radius 2 is 2.12 bits per heavy atom. The summed E-state index contributed by atoms with van der Waals surface area (Å²) < 4.78 is 10.5. The number of carbonyl (C=O) groups excluding carboxylic acids is 1. The molecule has 2 heterocycles. The second kappa shape index (κ2) is 8.17. The molecule has 2 aliphatic rings. The lowest BCUT2D eigenvalue weighted by Gasteiger charge is -2.38. The van der Waals surface area contributed by atoms with Gasteiger partial charge in [0.25, 0.3) is 5.91 Å². The molecular formula is C18H24N2O4. The number of rotatable bonds is 5. The standard InChI is InChI=1S/C18H24N2O4/c21-12-15-6-7-20(10-14-4-2-1-3-5-14)11-16(15)19-18(22)17-13-23-8-9-24-17/h1-5,13,15-16,21H,6-12H2,(H,19,22)/t15-,16+/m0/s1. The molecule has 2 N–H and O–H groups in total. The zero-order valence-electron chi connectivity index (χ0n) is 13.7. The SMILES string of the molecule is O=C(N[C@@H]1CN(Cc2ccccc2)CC[C@H]1CO)C1=COCCO1. The number of ether oxygens (including phenoxy) is 2. The fourth-order valence-electron chi connectivity index (χ4n) is 3.16. The third kappa shape index (κ3) is 4.27. The summed E-state index contributed by atoms with van der Waals surface area (Å²) in [5, 5.41) is 12.6. The van der Waals surface area contributed by atoms with E-state index in [9.17, 15) is 9.90 Å². The van der Waals surface area contributed by atoms with Gasteiger partial charge in [-0.2, -0.15) is 0 Å². The van der Waals surface area contributed by atoms with E-state index in [-0.39, 0.29) is 30.2 Å². The average molecular weight is 332 g/mol. The lowest BCUT2D eigenvalue weighted by Crippen LogP contribution is -2.53. The van der Waals surface area contributed by atoms with Gasteiger partial charge in [-0.3, -0.25) is 9.69 Å². The molecule has 0 spiro atoms. The van der Waals surface area contributed by atoms with E-state index in [4.69, 9.17) is 9.47 Å². The minimum atomic E-state index is -0.278. The number of amides is 1. The number of nitrogens with one attached hydrogen (secondary N) is 1. The van der Waals surface area contributed by atoms with E-state index in [0.29, 0.717) is 19.8 Å². The monoisotopic (exact) mass is 332 g/mol. The van der Waals surface area contributed by atoms with Crippen molar-refractivity contribution in [1.82, 2.24) is 10.2 Å². The molecule has 0 radical (unpaired) electrons. The first-order valence-electron chi connectivity index (χ1n) is 8.39. The van der Waals surface area contributed by atoms with Crippen LogP contribution in [0.3, 0.4) is 0 Å². The third-order valence-corrected chi connectivity index (χ3v) is 4.51. The van der Waals surface area contributed by atoms with Crippen LogP contribution >= 0.6 is 0 Å². The molecule has 24 heavy (non-hydrogen) atoms. The fourth-order valence-corrected chi connectivity index (χ4v) is 3.16. The highest BCUT2D eigenvalue weighted by atomic mass is 16.6. The molecule has 0 aromatic heterocycles. The predicted octanol–water partition coefficient (Wildman–Crippen LogP) is 0.874. The van der Waals surface area contributed by atoms with Crippen molar-refractivity contribution in [3.63, 3.8) is 0 Å². The Morgan fingerprint density at radius 1 is 1.29 bits per heavy atom. The minimum absolute atomic E-state index is 0.0612. The lowest BCUT2D eigenvalue weighted by atomic mass is 9.92. The molecule has 6 nitrogen and oxygen atoms in total. The Bertz CT molecular complexity index is 576. The van der Waals surface area contributed by atoms with Crippen LogP contribution < -0.4 is 5.32 Å². The summed E-state index contributed by atoms with van der Waals surface area (Å²) in [4.78, 5) is 14.6. The number of aliphatic hydroxyl groups excluding tert-OH is 1. The number of aliphatic hydroxyl groups is 1. The van der Waals surface area contributed by atoms with Crippen LogP contribution in [-0.4, -0.2) is 54.9 Å². The summed E-state index contributed by atoms with van der Waals surface area (Å²) in [6, 6.07) is 10.2. The molecule has 6 heteroatoms. The van der Waals surface area contributed by atoms with Crippen LogP contribution in [0.15, 0.2) is 42.4 Å². The van der Waals surface area contributed by atoms with Crippen LogP contribution in [0.2, 0.25) is 0 Å². The maximum atomic E-state index is 12.3. The Labute approximate surface area is 142 Å². The topological polar surface area (TPSA) is 71.0 Å². The Kier molecular flexibility index (Phi) is 5.72. The summed E-state index contributed by atoms with van der Waals surface area (Å²) >= 11 is 0. The summed E-state index contributed by atoms with van der Waals surface area (Å²) in [7, 11) is 0. The van der Waals surface area contributed by atoms with Crippen molar-refractivity contribution in [2.45, 2.75) is 19.0 Å². The van der Waals surface area contributed by atoms with Crippen LogP contribution in [0, 0.1) is 5.92 Å². The van der Waals surface area contributed by atoms with Crippen molar-refractivity contribution in [3.8, 4) is 0 Å². The molecule has 2 aliphatic heterocycles. The van der Waals surface area contributed by atoms with Gasteiger partial charge in [0.05, 0.1) is 0 Å². The predicted molar refractivity (Wildman–Crippen MR) is 88.8 cm³/mol. The molecule has 1 amide bonds. The van der Waals surface area contributed by atoms with Crippen molar-refractivity contribution < 1.29 is 19.4 Å². The molecule has 1 saturated heterocycles. The smallest absolute Gasteiger partial charge is 0.289 e. The highest BCUT2D eigenvalue weighted by Crippen LogP contribution is 2.20. The van der Waals surface area contributed by atoms with Gasteiger partial charge in [-0.1, -0.05) is 30.3 Å². The second-order valence-electron chi connectivity index (χ2n) is 6.23. The number of piperidine rings is 1. The number of likely N-dealkylation sites (tertiary alicyclic amines) is 1. The zero-order chi connectivity index (χ0) is 16.8. The van der Waals surface area contributed by atoms with Crippen LogP contribution in [-0.2, 0) is 20.8 Å². The quantitative estimate of drug-likeness (QED) is 0.837. The molecule has 1 fully saturated rings. The minimum Gasteiger partial charge on any atom is -0.494 e. The normalized spacial score (nSPS) is 24.5. The third-order valence-electron chi connectivity index (χ3n) is 4.51. The van der Waals surface area contributed by atoms with Crippen LogP contribution in [0.4, 0.5) is 0 Å². The van der Waals surface area contributed by atoms with Gasteiger partial charge in [-0.05, 0) is 18.5 Å². The van der Waals surface area contributed by atoms with E-state index in [2.05, 4.69) is 22.3 Å². The van der Waals surface area contributed by atoms with Gasteiger partial charge in [0.15, 0.2) is 0 Å². The maximum Gasteiger partial charge on any atom is 0.289 e. The number of nitrogens with zero attached hydrogens (tertiary/aromatic N) is 1. The molecule has 1 aromatic carbocycles. The molecule has 0 aliphatic carbocycles. The highest BCUT2D eigenvalue weighted by Gasteiger charge is 2.31. The second-order valence-corrected chi connectivity index (χ2v) is 6.23. The summed E-state index contributed by atoms with van der Waals surface area (Å²) in [5.41, 5.74) is 1.25. The van der Waals surface area contributed by atoms with Crippen LogP contribution in [0.25, 0.3) is 0 Å². The van der Waals surface area contributed by atoms with Gasteiger partial charge >= 0.3 is 0 Å². The van der Waals surface area contributed by atoms with E-state index in [1.165, 1.54) is 11.8 Å². The lowest BCUT2D eigenvalue weighted by molar-refractivity contribution is -0.124. The number of hydrogen-bond acceptors (Lipinski definition) is 5. The Morgan fingerprint density at radius 3 is 2.83 bits per heavy atom. The average Bonchev–Trinajstić information content (AvgIpc) is 2.63. The summed E-state index contributed by atoms with van der Waals surface area (Å²) in [6.07, 6.45) is 2.21. The van der Waals surface area contributed by atoms with E-state index in [1.807, 2.05) is 18.2 Å². The van der Waals surface area contributed by atoms with Gasteiger partial charge in [-0.15, -0.1) is 0 Å². The summed E-state index contributed by atoms with van der Waals surface area (Å²) in [6.45, 7) is 3.38. The van der Waals surface area contributed by atoms with E-state index in [1.54, 1.807) is 0 Å². The van der Waals surface area contributed by atoms with Crippen molar-refractivity contribution >= 4 is 5.91 Å². The molecular weight excluding hydrogens is 308 g/mol. The molecule has 0 saturated carbocycles. The molecule has 130 valence electrons. The van der Waals surface area contributed by atoms with Gasteiger partial charge < -0.3 is 19.9 Å². The highest BCUT2D eigenvalue weighted by molar-refractivity contribution is 5.91. The fraction of sp³-hybridized carbons (Fsp3) is 0.500. The molecule has 1 aromatic rings. The van der Waals surface area contributed by atoms with Crippen molar-refractivity contribution in [3.05, 3.63) is 47.9 Å². The Hall–Kier alpha value is -2.05. The molecule has 0 unspecified atom stereocenters. The van der Waals surface area contributed by atoms with Crippen molar-refractivity contribution in [2.75, 3.05) is 32.9 Å². The number of hydrogen-bond donors (Lipinski definition) is 2.